The van der Waals surface area contributed by atoms with Crippen molar-refractivity contribution in [2.45, 2.75) is 25.7 Å². The van der Waals surface area contributed by atoms with Gasteiger partial charge < -0.3 is 0 Å². The van der Waals surface area contributed by atoms with Crippen LogP contribution in [0.15, 0.2) is 24.3 Å². The number of rotatable bonds is 3. The maximum atomic E-state index is 12.8. The van der Waals surface area contributed by atoms with Gasteiger partial charge in [0.05, 0.1) is 6.54 Å². The van der Waals surface area contributed by atoms with Gasteiger partial charge in [-0.3, -0.25) is 9.69 Å². The normalized spacial score (nSPS) is 22.1. The van der Waals surface area contributed by atoms with Crippen LogP contribution in [-0.4, -0.2) is 30.3 Å². The predicted octanol–water partition coefficient (Wildman–Crippen LogP) is 2.88. The molecule has 0 bridgehead atoms. The molecule has 0 atom stereocenters. The Morgan fingerprint density at radius 2 is 1.72 bits per heavy atom. The number of benzene rings is 1. The maximum absolute atomic E-state index is 12.8. The van der Waals surface area contributed by atoms with E-state index in [1.807, 2.05) is 0 Å². The van der Waals surface area contributed by atoms with E-state index in [-0.39, 0.29) is 11.6 Å². The molecule has 3 rings (SSSR count). The zero-order valence-corrected chi connectivity index (χ0v) is 10.5. The Bertz CT molecular complexity index is 440. The Morgan fingerprint density at radius 3 is 2.28 bits per heavy atom. The van der Waals surface area contributed by atoms with Gasteiger partial charge in [0, 0.05) is 5.56 Å². The van der Waals surface area contributed by atoms with Crippen LogP contribution < -0.4 is 0 Å². The summed E-state index contributed by atoms with van der Waals surface area (Å²) in [6.45, 7) is 2.54. The molecule has 18 heavy (non-hydrogen) atoms. The molecule has 2 fully saturated rings. The zero-order valence-electron chi connectivity index (χ0n) is 10.5. The molecule has 0 radical (unpaired) electrons. The van der Waals surface area contributed by atoms with E-state index in [2.05, 4.69) is 4.90 Å². The minimum absolute atomic E-state index is 0.0988. The smallest absolute Gasteiger partial charge is 0.176 e. The highest BCUT2D eigenvalue weighted by atomic mass is 19.1. The van der Waals surface area contributed by atoms with Crippen molar-refractivity contribution >= 4 is 5.78 Å². The van der Waals surface area contributed by atoms with Gasteiger partial charge in [0.15, 0.2) is 5.78 Å². The number of ketones is 1. The second-order valence-electron chi connectivity index (χ2n) is 5.71. The van der Waals surface area contributed by atoms with Crippen molar-refractivity contribution in [3.05, 3.63) is 35.6 Å². The minimum Gasteiger partial charge on any atom is -0.296 e. The second-order valence-corrected chi connectivity index (χ2v) is 5.71. The van der Waals surface area contributed by atoms with Gasteiger partial charge in [-0.1, -0.05) is 0 Å². The molecule has 1 aliphatic heterocycles. The standard InChI is InChI=1S/C15H18FNO/c16-13-3-1-12(2-4-13)14(18)11-17-9-7-15(5-6-15)8-10-17/h1-4H,5-11H2. The van der Waals surface area contributed by atoms with E-state index in [0.717, 1.165) is 13.1 Å². The molecule has 1 heterocycles. The van der Waals surface area contributed by atoms with Crippen molar-refractivity contribution in [1.82, 2.24) is 4.90 Å². The Hall–Kier alpha value is -1.22. The van der Waals surface area contributed by atoms with Crippen molar-refractivity contribution < 1.29 is 9.18 Å². The molecule has 2 nitrogen and oxygen atoms in total. The third-order valence-electron chi connectivity index (χ3n) is 4.41. The average Bonchev–Trinajstić information content (AvgIpc) is 3.13. The molecular weight excluding hydrogens is 229 g/mol. The van der Waals surface area contributed by atoms with Crippen molar-refractivity contribution in [2.24, 2.45) is 5.41 Å². The van der Waals surface area contributed by atoms with Crippen LogP contribution in [0.5, 0.6) is 0 Å². The lowest BCUT2D eigenvalue weighted by atomic mass is 9.93. The molecule has 0 aromatic heterocycles. The number of nitrogens with zero attached hydrogens (tertiary/aromatic N) is 1. The van der Waals surface area contributed by atoms with Crippen LogP contribution >= 0.6 is 0 Å². The molecule has 0 amide bonds. The van der Waals surface area contributed by atoms with Crippen molar-refractivity contribution in [2.75, 3.05) is 19.6 Å². The summed E-state index contributed by atoms with van der Waals surface area (Å²) in [6, 6.07) is 5.85. The topological polar surface area (TPSA) is 20.3 Å². The van der Waals surface area contributed by atoms with E-state index in [0.29, 0.717) is 17.5 Å². The first-order valence-electron chi connectivity index (χ1n) is 6.68. The number of carbonyl (C=O) groups is 1. The second kappa shape index (κ2) is 4.47. The van der Waals surface area contributed by atoms with Gasteiger partial charge in [0.1, 0.15) is 5.82 Å². The predicted molar refractivity (Wildman–Crippen MR) is 68.1 cm³/mol. The first-order chi connectivity index (χ1) is 8.67. The molecule has 1 aromatic rings. The first-order valence-corrected chi connectivity index (χ1v) is 6.68. The Morgan fingerprint density at radius 1 is 1.11 bits per heavy atom. The highest BCUT2D eigenvalue weighted by Gasteiger charge is 2.44. The molecule has 0 N–H and O–H groups in total. The summed E-state index contributed by atoms with van der Waals surface area (Å²) in [6.07, 6.45) is 5.24. The van der Waals surface area contributed by atoms with Crippen LogP contribution in [-0.2, 0) is 0 Å². The fourth-order valence-corrected chi connectivity index (χ4v) is 2.79. The number of hydrogen-bond acceptors (Lipinski definition) is 2. The summed E-state index contributed by atoms with van der Waals surface area (Å²) in [5.41, 5.74) is 1.26. The quantitative estimate of drug-likeness (QED) is 0.765. The fourth-order valence-electron chi connectivity index (χ4n) is 2.79. The van der Waals surface area contributed by atoms with Gasteiger partial charge in [0.2, 0.25) is 0 Å². The van der Waals surface area contributed by atoms with E-state index in [9.17, 15) is 9.18 Å². The number of likely N-dealkylation sites (tertiary alicyclic amines) is 1. The van der Waals surface area contributed by atoms with E-state index in [1.54, 1.807) is 12.1 Å². The SMILES string of the molecule is O=C(CN1CCC2(CC1)CC2)c1ccc(F)cc1. The van der Waals surface area contributed by atoms with Crippen LogP contribution in [0.1, 0.15) is 36.0 Å². The van der Waals surface area contributed by atoms with Crippen LogP contribution in [0.3, 0.4) is 0 Å². The molecule has 1 saturated heterocycles. The molecule has 3 heteroatoms. The van der Waals surface area contributed by atoms with Crippen LogP contribution in [0.4, 0.5) is 4.39 Å². The number of hydrogen-bond donors (Lipinski definition) is 0. The molecule has 2 aliphatic rings. The number of Topliss-reactive ketones (excluding diaryl/α,β-unsaturated/α-hetero) is 1. The van der Waals surface area contributed by atoms with Gasteiger partial charge >= 0.3 is 0 Å². The summed E-state index contributed by atoms with van der Waals surface area (Å²) < 4.78 is 12.8. The summed E-state index contributed by atoms with van der Waals surface area (Å²) in [5.74, 6) is -0.193. The molecule has 1 aromatic carbocycles. The average molecular weight is 247 g/mol. The van der Waals surface area contributed by atoms with Crippen molar-refractivity contribution in [3.63, 3.8) is 0 Å². The summed E-state index contributed by atoms with van der Waals surface area (Å²) in [4.78, 5) is 14.3. The number of carbonyl (C=O) groups excluding carboxylic acids is 1. The number of piperidine rings is 1. The monoisotopic (exact) mass is 247 g/mol. The molecular formula is C15H18FNO. The van der Waals surface area contributed by atoms with Crippen LogP contribution in [0.2, 0.25) is 0 Å². The zero-order chi connectivity index (χ0) is 12.6. The lowest BCUT2D eigenvalue weighted by Gasteiger charge is -2.31. The highest BCUT2D eigenvalue weighted by molar-refractivity contribution is 5.97. The highest BCUT2D eigenvalue weighted by Crippen LogP contribution is 2.53. The largest absolute Gasteiger partial charge is 0.296 e. The van der Waals surface area contributed by atoms with E-state index < -0.39 is 0 Å². The van der Waals surface area contributed by atoms with Crippen LogP contribution in [0.25, 0.3) is 0 Å². The Balaban J connectivity index is 1.56. The first kappa shape index (κ1) is 11.8. The summed E-state index contributed by atoms with van der Waals surface area (Å²) >= 11 is 0. The van der Waals surface area contributed by atoms with Crippen molar-refractivity contribution in [1.29, 1.82) is 0 Å². The van der Waals surface area contributed by atoms with Gasteiger partial charge in [-0.05, 0) is 68.5 Å². The molecule has 1 spiro atoms. The molecule has 96 valence electrons. The Kier molecular flexibility index (Phi) is 2.94. The van der Waals surface area contributed by atoms with Gasteiger partial charge in [-0.2, -0.15) is 0 Å². The lowest BCUT2D eigenvalue weighted by molar-refractivity contribution is 0.0887. The van der Waals surface area contributed by atoms with E-state index >= 15 is 0 Å². The van der Waals surface area contributed by atoms with E-state index in [1.165, 1.54) is 37.8 Å². The molecule has 1 aliphatic carbocycles. The molecule has 0 unspecified atom stereocenters. The van der Waals surface area contributed by atoms with Crippen LogP contribution in [0, 0.1) is 11.2 Å². The third-order valence-corrected chi connectivity index (χ3v) is 4.41. The number of halogens is 1. The fraction of sp³-hybridized carbons (Fsp3) is 0.533. The van der Waals surface area contributed by atoms with Gasteiger partial charge in [-0.25, -0.2) is 4.39 Å². The maximum Gasteiger partial charge on any atom is 0.176 e. The molecule has 1 saturated carbocycles. The third kappa shape index (κ3) is 2.46. The van der Waals surface area contributed by atoms with Gasteiger partial charge in [0.25, 0.3) is 0 Å². The summed E-state index contributed by atoms with van der Waals surface area (Å²) in [7, 11) is 0. The lowest BCUT2D eigenvalue weighted by Crippen LogP contribution is -2.37. The Labute approximate surface area is 107 Å². The van der Waals surface area contributed by atoms with Crippen molar-refractivity contribution in [3.8, 4) is 0 Å². The van der Waals surface area contributed by atoms with E-state index in [4.69, 9.17) is 0 Å². The van der Waals surface area contributed by atoms with Gasteiger partial charge in [-0.15, -0.1) is 0 Å². The summed E-state index contributed by atoms with van der Waals surface area (Å²) in [5, 5.41) is 0. The minimum atomic E-state index is -0.291.